The molecular weight excluding hydrogens is 188 g/mol. The third-order valence-corrected chi connectivity index (χ3v) is 1.66. The molecule has 0 radical (unpaired) electrons. The Bertz CT molecular complexity index is 352. The minimum absolute atomic E-state index is 0.0101. The largest absolute Gasteiger partial charge is 0.495 e. The van der Waals surface area contributed by atoms with Crippen molar-refractivity contribution in [2.75, 3.05) is 7.11 Å². The molecule has 0 aromatic carbocycles. The molecule has 0 bridgehead atoms. The van der Waals surface area contributed by atoms with Crippen LogP contribution in [0.3, 0.4) is 0 Å². The number of rotatable bonds is 2. The Morgan fingerprint density at radius 3 is 3.00 bits per heavy atom. The van der Waals surface area contributed by atoms with Crippen molar-refractivity contribution in [2.45, 2.75) is 6.04 Å². The lowest BCUT2D eigenvalue weighted by Gasteiger charge is -2.13. The molecule has 1 unspecified atom stereocenters. The van der Waals surface area contributed by atoms with Crippen molar-refractivity contribution in [3.05, 3.63) is 17.4 Å². The van der Waals surface area contributed by atoms with Crippen molar-refractivity contribution in [3.63, 3.8) is 0 Å². The molecule has 6 heteroatoms. The van der Waals surface area contributed by atoms with Crippen molar-refractivity contribution in [1.29, 1.82) is 0 Å². The highest BCUT2D eigenvalue weighted by Crippen LogP contribution is 2.13. The summed E-state index contributed by atoms with van der Waals surface area (Å²) >= 11 is 0. The number of ether oxygens (including phenoxy) is 1. The molecule has 0 fully saturated rings. The molecule has 14 heavy (non-hydrogen) atoms. The monoisotopic (exact) mass is 196 g/mol. The highest BCUT2D eigenvalue weighted by atomic mass is 16.5. The summed E-state index contributed by atoms with van der Waals surface area (Å²) in [7, 11) is 1.41. The van der Waals surface area contributed by atoms with Gasteiger partial charge in [0.2, 0.25) is 0 Å². The highest BCUT2D eigenvalue weighted by Gasteiger charge is 2.24. The Balaban J connectivity index is 2.96. The van der Waals surface area contributed by atoms with E-state index in [0.717, 1.165) is 0 Å². The number of nitrogens with one attached hydrogen (secondary N) is 1. The third kappa shape index (κ3) is 1.87. The van der Waals surface area contributed by atoms with E-state index < -0.39 is 11.9 Å². The normalized spacial score (nSPS) is 19.7. The second-order valence-corrected chi connectivity index (χ2v) is 2.46. The lowest BCUT2D eigenvalue weighted by molar-refractivity contribution is -0.129. The Labute approximate surface area is 79.5 Å². The summed E-state index contributed by atoms with van der Waals surface area (Å²) < 4.78 is 4.80. The van der Waals surface area contributed by atoms with Crippen LogP contribution in [-0.4, -0.2) is 36.4 Å². The van der Waals surface area contributed by atoms with Gasteiger partial charge in [-0.25, -0.2) is 10.3 Å². The van der Waals surface area contributed by atoms with E-state index in [-0.39, 0.29) is 5.57 Å². The molecule has 0 aliphatic carbocycles. The van der Waals surface area contributed by atoms with Crippen molar-refractivity contribution in [3.8, 4) is 0 Å². The van der Waals surface area contributed by atoms with Gasteiger partial charge in [-0.1, -0.05) is 0 Å². The number of carbonyl (C=O) groups is 1. The molecule has 1 aliphatic rings. The Morgan fingerprint density at radius 2 is 2.50 bits per heavy atom. The molecule has 1 rings (SSSR count). The van der Waals surface area contributed by atoms with Gasteiger partial charge in [-0.05, 0) is 6.08 Å². The van der Waals surface area contributed by atoms with Gasteiger partial charge < -0.3 is 4.74 Å². The molecule has 0 spiro atoms. The predicted molar refractivity (Wildman–Crippen MR) is 46.5 cm³/mol. The van der Waals surface area contributed by atoms with Crippen LogP contribution >= 0.6 is 0 Å². The first-order valence-electron chi connectivity index (χ1n) is 3.70. The number of hydrogen-bond donors (Lipinski definition) is 2. The fourth-order valence-corrected chi connectivity index (χ4v) is 0.965. The quantitative estimate of drug-likeness (QED) is 0.345. The number of amides is 1. The van der Waals surface area contributed by atoms with Crippen molar-refractivity contribution < 1.29 is 19.5 Å². The summed E-state index contributed by atoms with van der Waals surface area (Å²) in [4.78, 5) is 25.2. The Kier molecular flexibility index (Phi) is 3.17. The summed E-state index contributed by atoms with van der Waals surface area (Å²) in [6.07, 6.45) is 2.63. The van der Waals surface area contributed by atoms with Crippen LogP contribution in [0, 0.1) is 0 Å². The molecule has 0 saturated heterocycles. The van der Waals surface area contributed by atoms with E-state index in [4.69, 9.17) is 9.94 Å². The summed E-state index contributed by atoms with van der Waals surface area (Å²) in [5.74, 6) is 1.12. The maximum atomic E-state index is 11.0. The van der Waals surface area contributed by atoms with E-state index in [0.29, 0.717) is 5.76 Å². The van der Waals surface area contributed by atoms with Gasteiger partial charge in [-0.15, -0.1) is 0 Å². The fraction of sp³-hybridized carbons (Fsp3) is 0.250. The van der Waals surface area contributed by atoms with Gasteiger partial charge in [0, 0.05) is 0 Å². The molecule has 1 atom stereocenters. The topological polar surface area (TPSA) is 88.0 Å². The zero-order valence-corrected chi connectivity index (χ0v) is 7.35. The average Bonchev–Trinajstić information content (AvgIpc) is 2.27. The van der Waals surface area contributed by atoms with Crippen LogP contribution in [0.5, 0.6) is 0 Å². The van der Waals surface area contributed by atoms with Gasteiger partial charge in [0.1, 0.15) is 11.7 Å². The van der Waals surface area contributed by atoms with Gasteiger partial charge >= 0.3 is 0 Å². The van der Waals surface area contributed by atoms with Crippen molar-refractivity contribution in [1.82, 2.24) is 5.48 Å². The molecule has 0 aromatic heterocycles. The first-order valence-corrected chi connectivity index (χ1v) is 3.70. The minimum Gasteiger partial charge on any atom is -0.495 e. The van der Waals surface area contributed by atoms with Crippen LogP contribution < -0.4 is 5.48 Å². The van der Waals surface area contributed by atoms with Gasteiger partial charge in [0.05, 0.1) is 18.9 Å². The van der Waals surface area contributed by atoms with E-state index >= 15 is 0 Å². The number of allylic oxidation sites excluding steroid dienone is 1. The van der Waals surface area contributed by atoms with Crippen LogP contribution in [0.15, 0.2) is 22.4 Å². The van der Waals surface area contributed by atoms with Crippen LogP contribution in [-0.2, 0) is 14.3 Å². The Hall–Kier alpha value is -1.91. The zero-order chi connectivity index (χ0) is 10.6. The number of aliphatic imine (C=N–C) groups is 1. The van der Waals surface area contributed by atoms with E-state index in [1.807, 2.05) is 0 Å². The lowest BCUT2D eigenvalue weighted by atomic mass is 10.1. The van der Waals surface area contributed by atoms with Crippen molar-refractivity contribution in [2.24, 2.45) is 4.99 Å². The highest BCUT2D eigenvalue weighted by molar-refractivity contribution is 5.93. The predicted octanol–water partition coefficient (Wildman–Crippen LogP) is -0.767. The van der Waals surface area contributed by atoms with E-state index in [1.165, 1.54) is 24.9 Å². The molecular formula is C8H8N2O4. The molecule has 2 N–H and O–H groups in total. The SMILES string of the molecule is COC1=CC(=C=O)C(C(=O)NO)N=C1. The first kappa shape index (κ1) is 10.2. The molecule has 74 valence electrons. The summed E-state index contributed by atoms with van der Waals surface area (Å²) in [5.41, 5.74) is 1.42. The van der Waals surface area contributed by atoms with Gasteiger partial charge in [0.25, 0.3) is 5.91 Å². The van der Waals surface area contributed by atoms with Gasteiger partial charge in [-0.2, -0.15) is 0 Å². The van der Waals surface area contributed by atoms with Crippen molar-refractivity contribution >= 4 is 18.1 Å². The molecule has 0 saturated carbocycles. The van der Waals surface area contributed by atoms with E-state index in [2.05, 4.69) is 4.99 Å². The number of dihydropyridines is 1. The van der Waals surface area contributed by atoms with E-state index in [1.54, 1.807) is 5.94 Å². The van der Waals surface area contributed by atoms with Crippen LogP contribution in [0.2, 0.25) is 0 Å². The summed E-state index contributed by atoms with van der Waals surface area (Å²) in [5, 5.41) is 8.35. The maximum absolute atomic E-state index is 11.0. The number of carbonyl (C=O) groups excluding carboxylic acids is 2. The molecule has 1 aliphatic heterocycles. The van der Waals surface area contributed by atoms with Crippen LogP contribution in [0.1, 0.15) is 0 Å². The zero-order valence-electron chi connectivity index (χ0n) is 7.35. The molecule has 6 nitrogen and oxygen atoms in total. The molecule has 1 amide bonds. The van der Waals surface area contributed by atoms with Gasteiger partial charge in [-0.3, -0.25) is 15.0 Å². The Morgan fingerprint density at radius 1 is 1.79 bits per heavy atom. The molecule has 0 aromatic rings. The second-order valence-electron chi connectivity index (χ2n) is 2.46. The average molecular weight is 196 g/mol. The summed E-state index contributed by atoms with van der Waals surface area (Å²) in [6, 6.07) is -1.06. The number of nitrogens with zero attached hydrogens (tertiary/aromatic N) is 1. The smallest absolute Gasteiger partial charge is 0.273 e. The lowest BCUT2D eigenvalue weighted by Crippen LogP contribution is -2.33. The third-order valence-electron chi connectivity index (χ3n) is 1.66. The number of hydroxylamine groups is 1. The number of methoxy groups -OCH3 is 1. The number of hydrogen-bond acceptors (Lipinski definition) is 5. The minimum atomic E-state index is -1.06. The first-order chi connectivity index (χ1) is 6.72. The summed E-state index contributed by atoms with van der Waals surface area (Å²) in [6.45, 7) is 0. The van der Waals surface area contributed by atoms with Crippen LogP contribution in [0.4, 0.5) is 0 Å². The maximum Gasteiger partial charge on any atom is 0.273 e. The fourth-order valence-electron chi connectivity index (χ4n) is 0.965. The second kappa shape index (κ2) is 4.36. The van der Waals surface area contributed by atoms with Crippen LogP contribution in [0.25, 0.3) is 0 Å². The molecule has 1 heterocycles. The van der Waals surface area contributed by atoms with E-state index in [9.17, 15) is 9.59 Å². The standard InChI is InChI=1S/C8H8N2O4/c1-14-6-2-5(4-11)7(9-3-6)8(12)10-13/h2-3,7,13H,1H3,(H,10,12). The van der Waals surface area contributed by atoms with Gasteiger partial charge in [0.15, 0.2) is 6.04 Å².